The van der Waals surface area contributed by atoms with Gasteiger partial charge in [0.2, 0.25) is 6.41 Å². The molecule has 0 aliphatic heterocycles. The Hall–Kier alpha value is -3.84. The van der Waals surface area contributed by atoms with Crippen LogP contribution in [0.15, 0.2) is 71.8 Å². The lowest BCUT2D eigenvalue weighted by Crippen LogP contribution is -2.30. The number of rotatable bonds is 9. The largest absolute Gasteiger partial charge is 0.508 e. The van der Waals surface area contributed by atoms with E-state index in [1.54, 1.807) is 11.0 Å². The topological polar surface area (TPSA) is 88.4 Å². The second kappa shape index (κ2) is 11.3. The molecule has 0 saturated heterocycles. The molecule has 0 aliphatic rings. The molecule has 3 aromatic carbocycles. The number of aromatic hydroxyl groups is 2. The fourth-order valence-electron chi connectivity index (χ4n) is 3.96. The summed E-state index contributed by atoms with van der Waals surface area (Å²) in [6.07, 6.45) is 1.20. The molecule has 1 amide bonds. The highest BCUT2D eigenvalue weighted by Crippen LogP contribution is 2.35. The van der Waals surface area contributed by atoms with Gasteiger partial charge in [-0.05, 0) is 61.3 Å². The number of nitrogens with zero attached hydrogens (tertiary/aromatic N) is 3. The van der Waals surface area contributed by atoms with Crippen molar-refractivity contribution < 1.29 is 15.0 Å². The normalized spacial score (nSPS) is 12.4. The van der Waals surface area contributed by atoms with E-state index in [1.807, 2.05) is 82.7 Å². The maximum absolute atomic E-state index is 11.0. The number of hydrogen-bond donors (Lipinski definition) is 3. The average Bonchev–Trinajstić information content (AvgIpc) is 2.81. The van der Waals surface area contributed by atoms with Crippen LogP contribution < -0.4 is 10.3 Å². The van der Waals surface area contributed by atoms with Crippen molar-refractivity contribution in [3.63, 3.8) is 0 Å². The molecule has 7 heteroatoms. The van der Waals surface area contributed by atoms with Crippen LogP contribution in [-0.2, 0) is 17.8 Å². The van der Waals surface area contributed by atoms with Crippen molar-refractivity contribution in [1.29, 1.82) is 0 Å². The Balaban J connectivity index is 1.97. The minimum absolute atomic E-state index is 0.0161. The number of hydrogen-bond acceptors (Lipinski definition) is 5. The monoisotopic (exact) mass is 460 g/mol. The van der Waals surface area contributed by atoms with Crippen molar-refractivity contribution in [3.8, 4) is 11.5 Å². The number of nitrogens with one attached hydrogen (secondary N) is 1. The lowest BCUT2D eigenvalue weighted by Gasteiger charge is -2.24. The fourth-order valence-corrected chi connectivity index (χ4v) is 3.96. The van der Waals surface area contributed by atoms with Crippen LogP contribution in [0.2, 0.25) is 0 Å². The van der Waals surface area contributed by atoms with Crippen LogP contribution >= 0.6 is 0 Å². The van der Waals surface area contributed by atoms with Gasteiger partial charge in [-0.15, -0.1) is 0 Å². The van der Waals surface area contributed by atoms with E-state index >= 15 is 0 Å². The van der Waals surface area contributed by atoms with Crippen molar-refractivity contribution in [1.82, 2.24) is 10.3 Å². The van der Waals surface area contributed by atoms with Gasteiger partial charge in [0.25, 0.3) is 0 Å². The number of hydrazone groups is 1. The number of anilines is 1. The first kappa shape index (κ1) is 24.8. The van der Waals surface area contributed by atoms with E-state index in [4.69, 9.17) is 0 Å². The van der Waals surface area contributed by atoms with Crippen molar-refractivity contribution in [2.75, 3.05) is 26.0 Å². The molecule has 0 saturated carbocycles. The first-order valence-corrected chi connectivity index (χ1v) is 11.1. The average molecular weight is 461 g/mol. The van der Waals surface area contributed by atoms with Crippen molar-refractivity contribution >= 4 is 17.9 Å². The lowest BCUT2D eigenvalue weighted by molar-refractivity contribution is -0.109. The Morgan fingerprint density at radius 2 is 1.65 bits per heavy atom. The van der Waals surface area contributed by atoms with Gasteiger partial charge in [-0.3, -0.25) is 4.79 Å². The van der Waals surface area contributed by atoms with Crippen LogP contribution in [0.4, 0.5) is 5.69 Å². The summed E-state index contributed by atoms with van der Waals surface area (Å²) in [6, 6.07) is 21.1. The van der Waals surface area contributed by atoms with Gasteiger partial charge in [0.05, 0.1) is 5.56 Å². The standard InChI is InChI=1S/C27H32N4O3/c1-19(14-20-8-6-5-7-9-20)23-15-24(26(34)16-25(23)33)27(29-28-18-32)31(4)22-12-10-21(11-13-22)17-30(2)3/h5-13,15-16,18-19,33-34H,14,17H2,1-4H3,(H,28,32)/b29-27-. The molecular weight excluding hydrogens is 428 g/mol. The molecule has 3 rings (SSSR count). The van der Waals surface area contributed by atoms with Gasteiger partial charge in [-0.1, -0.05) is 49.4 Å². The van der Waals surface area contributed by atoms with Crippen LogP contribution in [0.25, 0.3) is 0 Å². The van der Waals surface area contributed by atoms with Gasteiger partial charge < -0.3 is 20.0 Å². The quantitative estimate of drug-likeness (QED) is 0.194. The number of phenols is 2. The summed E-state index contributed by atoms with van der Waals surface area (Å²) in [6.45, 7) is 2.84. The summed E-state index contributed by atoms with van der Waals surface area (Å²) >= 11 is 0. The Kier molecular flexibility index (Phi) is 8.27. The molecule has 0 radical (unpaired) electrons. The number of carbonyl (C=O) groups is 1. The highest BCUT2D eigenvalue weighted by Gasteiger charge is 2.21. The predicted octanol–water partition coefficient (Wildman–Crippen LogP) is 4.05. The minimum Gasteiger partial charge on any atom is -0.508 e. The molecule has 0 bridgehead atoms. The Bertz CT molecular complexity index is 1130. The highest BCUT2D eigenvalue weighted by molar-refractivity contribution is 6.11. The third-order valence-corrected chi connectivity index (χ3v) is 5.66. The molecule has 0 aromatic heterocycles. The molecule has 178 valence electrons. The molecule has 3 aromatic rings. The molecule has 0 fully saturated rings. The van der Waals surface area contributed by atoms with Gasteiger partial charge in [-0.2, -0.15) is 5.10 Å². The number of amides is 1. The Morgan fingerprint density at radius 1 is 0.971 bits per heavy atom. The molecule has 34 heavy (non-hydrogen) atoms. The molecular formula is C27H32N4O3. The van der Waals surface area contributed by atoms with E-state index in [9.17, 15) is 15.0 Å². The van der Waals surface area contributed by atoms with Gasteiger partial charge >= 0.3 is 0 Å². The van der Waals surface area contributed by atoms with Crippen LogP contribution in [0.5, 0.6) is 11.5 Å². The van der Waals surface area contributed by atoms with Crippen molar-refractivity contribution in [3.05, 3.63) is 89.0 Å². The zero-order valence-corrected chi connectivity index (χ0v) is 20.1. The van der Waals surface area contributed by atoms with Crippen LogP contribution in [0.3, 0.4) is 0 Å². The second-order valence-electron chi connectivity index (χ2n) is 8.66. The van der Waals surface area contributed by atoms with Crippen LogP contribution in [-0.4, -0.2) is 48.5 Å². The predicted molar refractivity (Wildman–Crippen MR) is 136 cm³/mol. The van der Waals surface area contributed by atoms with E-state index in [2.05, 4.69) is 15.4 Å². The van der Waals surface area contributed by atoms with Gasteiger partial charge in [0.1, 0.15) is 11.5 Å². The third kappa shape index (κ3) is 6.14. The summed E-state index contributed by atoms with van der Waals surface area (Å²) in [5, 5.41) is 25.5. The number of amidine groups is 1. The zero-order chi connectivity index (χ0) is 24.7. The van der Waals surface area contributed by atoms with E-state index < -0.39 is 0 Å². The van der Waals surface area contributed by atoms with Gasteiger partial charge in [0, 0.05) is 25.3 Å². The maximum Gasteiger partial charge on any atom is 0.227 e. The van der Waals surface area contributed by atoms with Crippen LogP contribution in [0, 0.1) is 0 Å². The first-order chi connectivity index (χ1) is 16.3. The molecule has 3 N–H and O–H groups in total. The number of benzene rings is 3. The summed E-state index contributed by atoms with van der Waals surface area (Å²) in [4.78, 5) is 14.9. The number of phenolic OH excluding ortho intramolecular Hbond substituents is 2. The lowest BCUT2D eigenvalue weighted by atomic mass is 9.91. The van der Waals surface area contributed by atoms with E-state index in [1.165, 1.54) is 6.07 Å². The summed E-state index contributed by atoms with van der Waals surface area (Å²) in [7, 11) is 5.84. The smallest absolute Gasteiger partial charge is 0.227 e. The highest BCUT2D eigenvalue weighted by atomic mass is 16.3. The molecule has 1 atom stereocenters. The second-order valence-corrected chi connectivity index (χ2v) is 8.66. The Labute approximate surface area is 201 Å². The zero-order valence-electron chi connectivity index (χ0n) is 20.1. The first-order valence-electron chi connectivity index (χ1n) is 11.1. The van der Waals surface area contributed by atoms with E-state index in [0.717, 1.165) is 29.8 Å². The third-order valence-electron chi connectivity index (χ3n) is 5.66. The van der Waals surface area contributed by atoms with E-state index in [-0.39, 0.29) is 17.4 Å². The van der Waals surface area contributed by atoms with E-state index in [0.29, 0.717) is 23.4 Å². The minimum atomic E-state index is -0.129. The van der Waals surface area contributed by atoms with Gasteiger partial charge in [-0.25, -0.2) is 5.43 Å². The molecule has 0 aliphatic carbocycles. The molecule has 7 nitrogen and oxygen atoms in total. The number of carbonyl (C=O) groups excluding carboxylic acids is 1. The summed E-state index contributed by atoms with van der Waals surface area (Å²) in [5.74, 6) is 0.217. The van der Waals surface area contributed by atoms with Crippen molar-refractivity contribution in [2.24, 2.45) is 5.10 Å². The Morgan fingerprint density at radius 3 is 2.26 bits per heavy atom. The fraction of sp³-hybridized carbons (Fsp3) is 0.259. The van der Waals surface area contributed by atoms with Crippen molar-refractivity contribution in [2.45, 2.75) is 25.8 Å². The molecule has 0 spiro atoms. The van der Waals surface area contributed by atoms with Crippen LogP contribution in [0.1, 0.15) is 35.1 Å². The SMILES string of the molecule is CC(Cc1ccccc1)c1cc(/C(=N/NC=O)N(C)c2ccc(CN(C)C)cc2)c(O)cc1O. The molecule has 0 heterocycles. The molecule has 1 unspecified atom stereocenters. The maximum atomic E-state index is 11.0. The summed E-state index contributed by atoms with van der Waals surface area (Å²) < 4.78 is 0. The van der Waals surface area contributed by atoms with Gasteiger partial charge in [0.15, 0.2) is 5.84 Å². The summed E-state index contributed by atoms with van der Waals surface area (Å²) in [5.41, 5.74) is 6.59.